The van der Waals surface area contributed by atoms with E-state index in [4.69, 9.17) is 9.47 Å². The van der Waals surface area contributed by atoms with Crippen LogP contribution in [0.3, 0.4) is 0 Å². The van der Waals surface area contributed by atoms with Crippen molar-refractivity contribution >= 4 is 12.1 Å². The van der Waals surface area contributed by atoms with Gasteiger partial charge in [0.05, 0.1) is 13.2 Å². The molecule has 0 aromatic heterocycles. The Morgan fingerprint density at radius 1 is 1.14 bits per heavy atom. The summed E-state index contributed by atoms with van der Waals surface area (Å²) < 4.78 is 10.5. The van der Waals surface area contributed by atoms with E-state index in [0.29, 0.717) is 32.1 Å². The Labute approximate surface area is 128 Å². The molecule has 0 spiro atoms. The number of esters is 1. The molecule has 1 heterocycles. The van der Waals surface area contributed by atoms with Crippen molar-refractivity contribution in [1.29, 1.82) is 0 Å². The second-order valence-electron chi connectivity index (χ2n) is 6.53. The predicted molar refractivity (Wildman–Crippen MR) is 80.9 cm³/mol. The van der Waals surface area contributed by atoms with Gasteiger partial charge < -0.3 is 9.47 Å². The third kappa shape index (κ3) is 6.36. The molecule has 1 amide bonds. The van der Waals surface area contributed by atoms with Crippen LogP contribution in [-0.4, -0.2) is 42.8 Å². The molecule has 21 heavy (non-hydrogen) atoms. The van der Waals surface area contributed by atoms with Gasteiger partial charge in [0, 0.05) is 6.54 Å². The highest BCUT2D eigenvalue weighted by atomic mass is 16.6. The predicted octanol–water partition coefficient (Wildman–Crippen LogP) is 3.22. The van der Waals surface area contributed by atoms with Crippen LogP contribution < -0.4 is 0 Å². The van der Waals surface area contributed by atoms with Crippen molar-refractivity contribution in [3.8, 4) is 0 Å². The lowest BCUT2D eigenvalue weighted by Crippen LogP contribution is -2.42. The summed E-state index contributed by atoms with van der Waals surface area (Å²) in [6.45, 7) is 9.64. The van der Waals surface area contributed by atoms with E-state index >= 15 is 0 Å². The van der Waals surface area contributed by atoms with Crippen LogP contribution in [-0.2, 0) is 14.3 Å². The Morgan fingerprint density at radius 2 is 1.86 bits per heavy atom. The zero-order valence-corrected chi connectivity index (χ0v) is 13.8. The number of ether oxygens (including phenoxy) is 2. The quantitative estimate of drug-likeness (QED) is 0.535. The number of amides is 1. The molecule has 122 valence electrons. The van der Waals surface area contributed by atoms with Gasteiger partial charge in [0.1, 0.15) is 6.04 Å². The van der Waals surface area contributed by atoms with Crippen molar-refractivity contribution in [1.82, 2.24) is 4.90 Å². The molecule has 5 heteroatoms. The Bertz CT molecular complexity index is 341. The van der Waals surface area contributed by atoms with E-state index in [1.54, 1.807) is 0 Å². The molecule has 0 aromatic carbocycles. The molecule has 1 aliphatic heterocycles. The van der Waals surface area contributed by atoms with Crippen molar-refractivity contribution in [2.75, 3.05) is 19.8 Å². The topological polar surface area (TPSA) is 55.8 Å². The lowest BCUT2D eigenvalue weighted by atomic mass is 10.1. The van der Waals surface area contributed by atoms with E-state index in [1.165, 1.54) is 4.90 Å². The molecule has 0 radical (unpaired) electrons. The van der Waals surface area contributed by atoms with E-state index in [2.05, 4.69) is 13.8 Å². The van der Waals surface area contributed by atoms with Crippen molar-refractivity contribution < 1.29 is 19.1 Å². The van der Waals surface area contributed by atoms with E-state index < -0.39 is 12.1 Å². The van der Waals surface area contributed by atoms with Crippen molar-refractivity contribution in [3.63, 3.8) is 0 Å². The summed E-state index contributed by atoms with van der Waals surface area (Å²) in [5.74, 6) is 0.605. The molecule has 5 nitrogen and oxygen atoms in total. The molecule has 1 atom stereocenters. The Morgan fingerprint density at radius 3 is 2.48 bits per heavy atom. The highest BCUT2D eigenvalue weighted by molar-refractivity contribution is 5.82. The normalized spacial score (nSPS) is 18.4. The molecule has 1 rings (SSSR count). The van der Waals surface area contributed by atoms with Gasteiger partial charge in [-0.2, -0.15) is 0 Å². The number of carbonyl (C=O) groups excluding carboxylic acids is 2. The molecule has 1 saturated heterocycles. The third-order valence-electron chi connectivity index (χ3n) is 3.47. The number of hydrogen-bond acceptors (Lipinski definition) is 4. The van der Waals surface area contributed by atoms with Crippen LogP contribution >= 0.6 is 0 Å². The number of nitrogens with zero attached hydrogens (tertiary/aromatic N) is 1. The Kier molecular flexibility index (Phi) is 7.54. The lowest BCUT2D eigenvalue weighted by Gasteiger charge is -2.23. The van der Waals surface area contributed by atoms with Gasteiger partial charge in [-0.25, -0.2) is 9.59 Å². The number of likely N-dealkylation sites (tertiary alicyclic amines) is 1. The fourth-order valence-corrected chi connectivity index (χ4v) is 2.31. The van der Waals surface area contributed by atoms with E-state index in [-0.39, 0.29) is 11.9 Å². The molecule has 0 N–H and O–H groups in total. The number of carbonyl (C=O) groups is 2. The van der Waals surface area contributed by atoms with Gasteiger partial charge in [-0.05, 0) is 37.5 Å². The average molecular weight is 299 g/mol. The van der Waals surface area contributed by atoms with Crippen LogP contribution in [0.5, 0.6) is 0 Å². The second-order valence-corrected chi connectivity index (χ2v) is 6.53. The molecular formula is C16H29NO4. The highest BCUT2D eigenvalue weighted by Crippen LogP contribution is 2.20. The van der Waals surface area contributed by atoms with Gasteiger partial charge in [0.25, 0.3) is 0 Å². The van der Waals surface area contributed by atoms with E-state index in [0.717, 1.165) is 19.3 Å². The van der Waals surface area contributed by atoms with Crippen LogP contribution in [0.1, 0.15) is 53.4 Å². The van der Waals surface area contributed by atoms with Crippen LogP contribution in [0.2, 0.25) is 0 Å². The highest BCUT2D eigenvalue weighted by Gasteiger charge is 2.36. The minimum atomic E-state index is -0.469. The van der Waals surface area contributed by atoms with Crippen LogP contribution in [0.25, 0.3) is 0 Å². The maximum absolute atomic E-state index is 12.1. The van der Waals surface area contributed by atoms with Crippen molar-refractivity contribution in [2.45, 2.75) is 59.4 Å². The molecule has 1 fully saturated rings. The summed E-state index contributed by atoms with van der Waals surface area (Å²) in [6.07, 6.45) is 3.00. The Hall–Kier alpha value is -1.26. The fraction of sp³-hybridized carbons (Fsp3) is 0.875. The van der Waals surface area contributed by atoms with Gasteiger partial charge in [0.2, 0.25) is 0 Å². The lowest BCUT2D eigenvalue weighted by molar-refractivity contribution is -0.148. The zero-order chi connectivity index (χ0) is 15.8. The first-order valence-electron chi connectivity index (χ1n) is 8.01. The Balaban J connectivity index is 2.37. The van der Waals surface area contributed by atoms with Gasteiger partial charge in [-0.1, -0.05) is 27.7 Å². The molecule has 1 aliphatic rings. The maximum atomic E-state index is 12.1. The third-order valence-corrected chi connectivity index (χ3v) is 3.47. The van der Waals surface area contributed by atoms with Crippen LogP contribution in [0.15, 0.2) is 0 Å². The number of rotatable bonds is 7. The summed E-state index contributed by atoms with van der Waals surface area (Å²) in [4.78, 5) is 25.6. The zero-order valence-electron chi connectivity index (χ0n) is 13.8. The second kappa shape index (κ2) is 8.90. The monoisotopic (exact) mass is 299 g/mol. The van der Waals surface area contributed by atoms with Gasteiger partial charge in [0.15, 0.2) is 0 Å². The standard InChI is InChI=1S/C16H29NO4/c1-12(2)7-6-10-20-15(18)14-8-5-9-17(14)16(19)21-11-13(3)4/h12-14H,5-11H2,1-4H3. The SMILES string of the molecule is CC(C)CCCOC(=O)C1CCCN1C(=O)OCC(C)C. The maximum Gasteiger partial charge on any atom is 0.410 e. The average Bonchev–Trinajstić information content (AvgIpc) is 2.89. The van der Waals surface area contributed by atoms with Gasteiger partial charge >= 0.3 is 12.1 Å². The molecule has 0 bridgehead atoms. The van der Waals surface area contributed by atoms with Crippen molar-refractivity contribution in [2.24, 2.45) is 11.8 Å². The molecule has 1 unspecified atom stereocenters. The van der Waals surface area contributed by atoms with Gasteiger partial charge in [-0.3, -0.25) is 4.90 Å². The summed E-state index contributed by atoms with van der Waals surface area (Å²) in [5.41, 5.74) is 0. The van der Waals surface area contributed by atoms with E-state index in [1.807, 2.05) is 13.8 Å². The number of hydrogen-bond donors (Lipinski definition) is 0. The smallest absolute Gasteiger partial charge is 0.410 e. The first-order chi connectivity index (χ1) is 9.91. The first kappa shape index (κ1) is 17.8. The summed E-state index contributed by atoms with van der Waals surface area (Å²) in [7, 11) is 0. The molecule has 0 aliphatic carbocycles. The van der Waals surface area contributed by atoms with Crippen LogP contribution in [0, 0.1) is 11.8 Å². The largest absolute Gasteiger partial charge is 0.464 e. The van der Waals surface area contributed by atoms with Crippen molar-refractivity contribution in [3.05, 3.63) is 0 Å². The minimum Gasteiger partial charge on any atom is -0.464 e. The van der Waals surface area contributed by atoms with Crippen LogP contribution in [0.4, 0.5) is 4.79 Å². The molecular weight excluding hydrogens is 270 g/mol. The first-order valence-corrected chi connectivity index (χ1v) is 8.01. The minimum absolute atomic E-state index is 0.290. The molecule has 0 aromatic rings. The van der Waals surface area contributed by atoms with E-state index in [9.17, 15) is 9.59 Å². The molecule has 0 saturated carbocycles. The van der Waals surface area contributed by atoms with Gasteiger partial charge in [-0.15, -0.1) is 0 Å². The summed E-state index contributed by atoms with van der Waals surface area (Å²) in [6, 6.07) is -0.469. The fourth-order valence-electron chi connectivity index (χ4n) is 2.31. The summed E-state index contributed by atoms with van der Waals surface area (Å²) in [5, 5.41) is 0. The summed E-state index contributed by atoms with van der Waals surface area (Å²) >= 11 is 0.